The van der Waals surface area contributed by atoms with Gasteiger partial charge in [0, 0.05) is 44.0 Å². The van der Waals surface area contributed by atoms with Crippen molar-refractivity contribution in [3.8, 4) is 0 Å². The highest BCUT2D eigenvalue weighted by molar-refractivity contribution is 5.55. The van der Waals surface area contributed by atoms with Crippen molar-refractivity contribution in [2.45, 2.75) is 71.1 Å². The van der Waals surface area contributed by atoms with Crippen molar-refractivity contribution in [1.82, 2.24) is 14.7 Å². The summed E-state index contributed by atoms with van der Waals surface area (Å²) in [6, 6.07) is 11.0. The average Bonchev–Trinajstić information content (AvgIpc) is 3.25. The SMILES string of the molecule is Cc1cccc(F)c1N1CCC(N2Cc3cn(CC(C)(C)O)nc3N(Cc3ccccc3C(F)(F)F)C2)CC1. The van der Waals surface area contributed by atoms with Crippen LogP contribution in [0.3, 0.4) is 0 Å². The highest BCUT2D eigenvalue weighted by Gasteiger charge is 2.36. The van der Waals surface area contributed by atoms with Crippen LogP contribution in [0.15, 0.2) is 48.7 Å². The van der Waals surface area contributed by atoms with Gasteiger partial charge in [-0.1, -0.05) is 30.3 Å². The van der Waals surface area contributed by atoms with Crippen LogP contribution in [0.1, 0.15) is 48.9 Å². The van der Waals surface area contributed by atoms with Crippen LogP contribution < -0.4 is 9.80 Å². The van der Waals surface area contributed by atoms with Crippen LogP contribution in [0.4, 0.5) is 29.1 Å². The number of aromatic nitrogens is 2. The number of hydrogen-bond acceptors (Lipinski definition) is 5. The zero-order valence-corrected chi connectivity index (χ0v) is 22.5. The second-order valence-electron chi connectivity index (χ2n) is 11.4. The molecule has 0 bridgehead atoms. The molecule has 0 radical (unpaired) electrons. The molecule has 0 saturated carbocycles. The Kier molecular flexibility index (Phi) is 7.37. The Morgan fingerprint density at radius 3 is 2.41 bits per heavy atom. The molecule has 1 saturated heterocycles. The number of fused-ring (bicyclic) bond motifs is 1. The molecule has 1 aromatic heterocycles. The van der Waals surface area contributed by atoms with Crippen molar-refractivity contribution < 1.29 is 22.7 Å². The smallest absolute Gasteiger partial charge is 0.389 e. The number of nitrogens with zero attached hydrogens (tertiary/aromatic N) is 5. The van der Waals surface area contributed by atoms with E-state index in [0.717, 1.165) is 30.0 Å². The minimum atomic E-state index is -4.45. The molecule has 0 amide bonds. The molecule has 2 aromatic carbocycles. The average molecular weight is 546 g/mol. The number of aliphatic hydroxyl groups is 1. The topological polar surface area (TPSA) is 47.8 Å². The van der Waals surface area contributed by atoms with Crippen molar-refractivity contribution >= 4 is 11.5 Å². The first-order valence-corrected chi connectivity index (χ1v) is 13.3. The van der Waals surface area contributed by atoms with Gasteiger partial charge in [0.05, 0.1) is 30.1 Å². The Balaban J connectivity index is 1.39. The third-order valence-corrected chi connectivity index (χ3v) is 7.56. The highest BCUT2D eigenvalue weighted by atomic mass is 19.4. The highest BCUT2D eigenvalue weighted by Crippen LogP contribution is 2.36. The Hall–Kier alpha value is -3.11. The lowest BCUT2D eigenvalue weighted by molar-refractivity contribution is -0.138. The number of aryl methyl sites for hydroxylation is 1. The normalized spacial score (nSPS) is 17.5. The number of hydrogen-bond donors (Lipinski definition) is 1. The number of rotatable bonds is 6. The van der Waals surface area contributed by atoms with E-state index in [2.05, 4.69) is 14.9 Å². The van der Waals surface area contributed by atoms with Crippen molar-refractivity contribution in [2.24, 2.45) is 0 Å². The largest absolute Gasteiger partial charge is 0.416 e. The molecule has 210 valence electrons. The lowest BCUT2D eigenvalue weighted by Crippen LogP contribution is -2.51. The van der Waals surface area contributed by atoms with Gasteiger partial charge in [-0.2, -0.15) is 18.3 Å². The van der Waals surface area contributed by atoms with Gasteiger partial charge < -0.3 is 14.9 Å². The number of piperidine rings is 1. The lowest BCUT2D eigenvalue weighted by atomic mass is 10.00. The zero-order chi connectivity index (χ0) is 27.9. The molecule has 6 nitrogen and oxygen atoms in total. The summed E-state index contributed by atoms with van der Waals surface area (Å²) in [6.07, 6.45) is -0.936. The quantitative estimate of drug-likeness (QED) is 0.411. The maximum atomic E-state index is 14.6. The summed E-state index contributed by atoms with van der Waals surface area (Å²) in [5.41, 5.74) is 1.04. The number of benzene rings is 2. The Morgan fingerprint density at radius 1 is 1.03 bits per heavy atom. The maximum absolute atomic E-state index is 14.6. The van der Waals surface area contributed by atoms with Crippen LogP contribution >= 0.6 is 0 Å². The minimum Gasteiger partial charge on any atom is -0.389 e. The van der Waals surface area contributed by atoms with E-state index in [1.807, 2.05) is 24.1 Å². The molecule has 2 aliphatic rings. The molecule has 1 fully saturated rings. The predicted molar refractivity (Wildman–Crippen MR) is 143 cm³/mol. The fourth-order valence-electron chi connectivity index (χ4n) is 5.85. The van der Waals surface area contributed by atoms with Gasteiger partial charge >= 0.3 is 6.18 Å². The van der Waals surface area contributed by atoms with Gasteiger partial charge in [0.15, 0.2) is 5.82 Å². The molecule has 5 rings (SSSR count). The first-order chi connectivity index (χ1) is 18.4. The summed E-state index contributed by atoms with van der Waals surface area (Å²) in [7, 11) is 0. The number of anilines is 2. The van der Waals surface area contributed by atoms with E-state index in [0.29, 0.717) is 37.8 Å². The Bertz CT molecular complexity index is 1290. The Morgan fingerprint density at radius 2 is 1.74 bits per heavy atom. The third kappa shape index (κ3) is 6.06. The first kappa shape index (κ1) is 27.5. The fraction of sp³-hybridized carbons (Fsp3) is 0.483. The molecule has 39 heavy (non-hydrogen) atoms. The van der Waals surface area contributed by atoms with Gasteiger partial charge in [0.25, 0.3) is 0 Å². The van der Waals surface area contributed by atoms with E-state index >= 15 is 0 Å². The molecule has 1 N–H and O–H groups in total. The van der Waals surface area contributed by atoms with Crippen LogP contribution in [0.2, 0.25) is 0 Å². The van der Waals surface area contributed by atoms with Crippen molar-refractivity contribution in [3.05, 3.63) is 76.7 Å². The zero-order valence-electron chi connectivity index (χ0n) is 22.5. The molecule has 2 aliphatic heterocycles. The van der Waals surface area contributed by atoms with Gasteiger partial charge in [-0.05, 0) is 56.9 Å². The summed E-state index contributed by atoms with van der Waals surface area (Å²) in [6.45, 7) is 8.09. The molecule has 10 heteroatoms. The van der Waals surface area contributed by atoms with E-state index in [4.69, 9.17) is 0 Å². The monoisotopic (exact) mass is 545 g/mol. The molecular weight excluding hydrogens is 510 g/mol. The van der Waals surface area contributed by atoms with Crippen LogP contribution in [-0.4, -0.2) is 51.2 Å². The van der Waals surface area contributed by atoms with E-state index in [-0.39, 0.29) is 30.5 Å². The van der Waals surface area contributed by atoms with Crippen LogP contribution in [-0.2, 0) is 25.8 Å². The van der Waals surface area contributed by atoms with E-state index < -0.39 is 17.3 Å². The minimum absolute atomic E-state index is 0.0615. The fourth-order valence-corrected chi connectivity index (χ4v) is 5.85. The number of halogens is 4. The summed E-state index contributed by atoms with van der Waals surface area (Å²) < 4.78 is 57.6. The van der Waals surface area contributed by atoms with E-state index in [9.17, 15) is 22.7 Å². The van der Waals surface area contributed by atoms with Gasteiger partial charge in [0.1, 0.15) is 5.82 Å². The summed E-state index contributed by atoms with van der Waals surface area (Å²) >= 11 is 0. The molecule has 0 spiro atoms. The third-order valence-electron chi connectivity index (χ3n) is 7.56. The number of alkyl halides is 3. The van der Waals surface area contributed by atoms with Gasteiger partial charge in [0.2, 0.25) is 0 Å². The first-order valence-electron chi connectivity index (χ1n) is 13.3. The van der Waals surface area contributed by atoms with Crippen molar-refractivity contribution in [3.63, 3.8) is 0 Å². The Labute approximate surface area is 226 Å². The summed E-state index contributed by atoms with van der Waals surface area (Å²) in [5.74, 6) is 0.427. The number of para-hydroxylation sites is 1. The van der Waals surface area contributed by atoms with E-state index in [1.165, 1.54) is 18.2 Å². The van der Waals surface area contributed by atoms with Crippen LogP contribution in [0.25, 0.3) is 0 Å². The van der Waals surface area contributed by atoms with Gasteiger partial charge in [-0.15, -0.1) is 0 Å². The maximum Gasteiger partial charge on any atom is 0.416 e. The van der Waals surface area contributed by atoms with Gasteiger partial charge in [-0.3, -0.25) is 9.58 Å². The van der Waals surface area contributed by atoms with Gasteiger partial charge in [-0.25, -0.2) is 4.39 Å². The van der Waals surface area contributed by atoms with Crippen LogP contribution in [0, 0.1) is 12.7 Å². The molecule has 0 atom stereocenters. The predicted octanol–water partition coefficient (Wildman–Crippen LogP) is 5.57. The molecule has 0 unspecified atom stereocenters. The second-order valence-corrected chi connectivity index (χ2v) is 11.4. The van der Waals surface area contributed by atoms with E-state index in [1.54, 1.807) is 30.7 Å². The standard InChI is InChI=1S/C29H35F4N5O/c1-20-7-6-10-25(30)26(20)35-13-11-23(12-14-35)36-16-22-17-38(18-28(2,3)39)34-27(22)37(19-36)15-21-8-4-5-9-24(21)29(31,32)33/h4-10,17,23,39H,11-16,18-19H2,1-3H3. The molecule has 3 heterocycles. The molecular formula is C29H35F4N5O. The summed E-state index contributed by atoms with van der Waals surface area (Å²) in [4.78, 5) is 6.28. The molecule has 3 aromatic rings. The van der Waals surface area contributed by atoms with Crippen LogP contribution in [0.5, 0.6) is 0 Å². The van der Waals surface area contributed by atoms with Crippen molar-refractivity contribution in [1.29, 1.82) is 0 Å². The second kappa shape index (κ2) is 10.5. The molecule has 0 aliphatic carbocycles. The van der Waals surface area contributed by atoms with Crippen molar-refractivity contribution in [2.75, 3.05) is 29.6 Å². The summed E-state index contributed by atoms with van der Waals surface area (Å²) in [5, 5.41) is 15.0. The lowest BCUT2D eigenvalue weighted by Gasteiger charge is -2.44.